The van der Waals surface area contributed by atoms with Crippen LogP contribution in [0.15, 0.2) is 23.6 Å². The molecule has 0 atom stereocenters. The second-order valence-corrected chi connectivity index (χ2v) is 6.91. The lowest BCUT2D eigenvalue weighted by atomic mass is 10.2. The van der Waals surface area contributed by atoms with Crippen LogP contribution >= 0.6 is 22.7 Å². The minimum absolute atomic E-state index is 0.123. The number of carbonyl (C=O) groups is 1. The predicted octanol–water partition coefficient (Wildman–Crippen LogP) is 3.23. The highest BCUT2D eigenvalue weighted by Gasteiger charge is 2.19. The number of hydrogen-bond acceptors (Lipinski definition) is 5. The molecule has 0 radical (unpaired) electrons. The number of aromatic nitrogens is 1. The Morgan fingerprint density at radius 3 is 3.24 bits per heavy atom. The van der Waals surface area contributed by atoms with Crippen molar-refractivity contribution in [2.24, 2.45) is 0 Å². The van der Waals surface area contributed by atoms with Gasteiger partial charge in [0.25, 0.3) is 0 Å². The van der Waals surface area contributed by atoms with Gasteiger partial charge in [0.05, 0.1) is 5.69 Å². The molecule has 0 saturated carbocycles. The number of nitrogens with one attached hydrogen (secondary N) is 1. The Kier molecular flexibility index (Phi) is 4.48. The molecule has 0 unspecified atom stereocenters. The molecule has 0 spiro atoms. The standard InChI is InChI=1S/C15H17N3OS2/c1-2-18-8-7-12-13(10-18)21-15(16-12)17-14(19)6-5-11-4-3-9-20-11/h3-6,9H,2,7-8,10H2,1H3,(H,16,17,19). The Bertz CT molecular complexity index is 646. The maximum atomic E-state index is 11.9. The van der Waals surface area contributed by atoms with Crippen molar-refractivity contribution in [3.05, 3.63) is 39.0 Å². The predicted molar refractivity (Wildman–Crippen MR) is 88.8 cm³/mol. The first kappa shape index (κ1) is 14.4. The van der Waals surface area contributed by atoms with E-state index in [1.54, 1.807) is 28.7 Å². The van der Waals surface area contributed by atoms with Gasteiger partial charge in [-0.05, 0) is 24.1 Å². The molecule has 1 amide bonds. The van der Waals surface area contributed by atoms with Gasteiger partial charge >= 0.3 is 0 Å². The van der Waals surface area contributed by atoms with Crippen molar-refractivity contribution in [2.75, 3.05) is 18.4 Å². The van der Waals surface area contributed by atoms with Gasteiger partial charge in [0, 0.05) is 35.3 Å². The third-order valence-corrected chi connectivity index (χ3v) is 5.27. The van der Waals surface area contributed by atoms with Gasteiger partial charge < -0.3 is 0 Å². The van der Waals surface area contributed by atoms with Crippen LogP contribution in [0.1, 0.15) is 22.4 Å². The molecule has 1 aliphatic rings. The lowest BCUT2D eigenvalue weighted by Gasteiger charge is -2.23. The lowest BCUT2D eigenvalue weighted by Crippen LogP contribution is -2.29. The number of anilines is 1. The van der Waals surface area contributed by atoms with E-state index in [1.807, 2.05) is 23.6 Å². The van der Waals surface area contributed by atoms with Crippen LogP contribution in [0, 0.1) is 0 Å². The summed E-state index contributed by atoms with van der Waals surface area (Å²) < 4.78 is 0. The number of likely N-dealkylation sites (N-methyl/N-ethyl adjacent to an activating group) is 1. The van der Waals surface area contributed by atoms with E-state index in [0.717, 1.165) is 36.6 Å². The maximum absolute atomic E-state index is 11.9. The van der Waals surface area contributed by atoms with Crippen LogP contribution in [-0.2, 0) is 17.8 Å². The number of amides is 1. The quantitative estimate of drug-likeness (QED) is 0.880. The third kappa shape index (κ3) is 3.58. The van der Waals surface area contributed by atoms with E-state index in [4.69, 9.17) is 0 Å². The summed E-state index contributed by atoms with van der Waals surface area (Å²) >= 11 is 3.20. The molecule has 0 bridgehead atoms. The van der Waals surface area contributed by atoms with Crippen LogP contribution < -0.4 is 5.32 Å². The van der Waals surface area contributed by atoms with E-state index >= 15 is 0 Å². The Balaban J connectivity index is 1.63. The molecule has 0 fully saturated rings. The van der Waals surface area contributed by atoms with Gasteiger partial charge in [-0.15, -0.1) is 22.7 Å². The highest BCUT2D eigenvalue weighted by Crippen LogP contribution is 2.28. The Hall–Kier alpha value is -1.50. The Morgan fingerprint density at radius 1 is 1.57 bits per heavy atom. The molecular weight excluding hydrogens is 302 g/mol. The SMILES string of the molecule is CCN1CCc2nc(NC(=O)C=Cc3cccs3)sc2C1. The maximum Gasteiger partial charge on any atom is 0.250 e. The van der Waals surface area contributed by atoms with Gasteiger partial charge in [-0.25, -0.2) is 4.98 Å². The second-order valence-electron chi connectivity index (χ2n) is 4.85. The molecule has 1 aliphatic heterocycles. The summed E-state index contributed by atoms with van der Waals surface area (Å²) in [6.45, 7) is 5.23. The first-order chi connectivity index (χ1) is 10.2. The van der Waals surface area contributed by atoms with E-state index in [-0.39, 0.29) is 5.91 Å². The minimum atomic E-state index is -0.123. The summed E-state index contributed by atoms with van der Waals surface area (Å²) in [5, 5.41) is 5.56. The van der Waals surface area contributed by atoms with Crippen LogP contribution in [0.3, 0.4) is 0 Å². The number of fused-ring (bicyclic) bond motifs is 1. The van der Waals surface area contributed by atoms with Gasteiger partial charge in [-0.2, -0.15) is 0 Å². The van der Waals surface area contributed by atoms with Gasteiger partial charge in [-0.3, -0.25) is 15.0 Å². The number of nitrogens with zero attached hydrogens (tertiary/aromatic N) is 2. The second kappa shape index (κ2) is 6.51. The fraction of sp³-hybridized carbons (Fsp3) is 0.333. The van der Waals surface area contributed by atoms with Gasteiger partial charge in [-0.1, -0.05) is 13.0 Å². The van der Waals surface area contributed by atoms with Crippen LogP contribution in [0.5, 0.6) is 0 Å². The molecule has 110 valence electrons. The molecular formula is C15H17N3OS2. The van der Waals surface area contributed by atoms with Crippen LogP contribution in [-0.4, -0.2) is 28.9 Å². The van der Waals surface area contributed by atoms with E-state index in [2.05, 4.69) is 22.1 Å². The number of hydrogen-bond donors (Lipinski definition) is 1. The molecule has 3 rings (SSSR count). The fourth-order valence-electron chi connectivity index (χ4n) is 2.26. The first-order valence-electron chi connectivity index (χ1n) is 6.98. The summed E-state index contributed by atoms with van der Waals surface area (Å²) in [7, 11) is 0. The zero-order valence-electron chi connectivity index (χ0n) is 11.8. The van der Waals surface area contributed by atoms with E-state index < -0.39 is 0 Å². The minimum Gasteiger partial charge on any atom is -0.298 e. The van der Waals surface area contributed by atoms with Crippen molar-refractivity contribution >= 4 is 39.8 Å². The molecule has 0 aromatic carbocycles. The van der Waals surface area contributed by atoms with Gasteiger partial charge in [0.2, 0.25) is 5.91 Å². The topological polar surface area (TPSA) is 45.2 Å². The van der Waals surface area contributed by atoms with Crippen molar-refractivity contribution < 1.29 is 4.79 Å². The summed E-state index contributed by atoms with van der Waals surface area (Å²) in [4.78, 5) is 21.2. The molecule has 21 heavy (non-hydrogen) atoms. The van der Waals surface area contributed by atoms with Crippen molar-refractivity contribution in [1.29, 1.82) is 0 Å². The average molecular weight is 319 g/mol. The van der Waals surface area contributed by atoms with E-state index in [9.17, 15) is 4.79 Å². The lowest BCUT2D eigenvalue weighted by molar-refractivity contribution is -0.111. The van der Waals surface area contributed by atoms with E-state index in [0.29, 0.717) is 5.13 Å². The monoisotopic (exact) mass is 319 g/mol. The van der Waals surface area contributed by atoms with E-state index in [1.165, 1.54) is 4.88 Å². The molecule has 1 N–H and O–H groups in total. The Morgan fingerprint density at radius 2 is 2.48 bits per heavy atom. The van der Waals surface area contributed by atoms with Crippen LogP contribution in [0.2, 0.25) is 0 Å². The van der Waals surface area contributed by atoms with Gasteiger partial charge in [0.1, 0.15) is 0 Å². The van der Waals surface area contributed by atoms with Crippen molar-refractivity contribution in [2.45, 2.75) is 19.9 Å². The highest BCUT2D eigenvalue weighted by molar-refractivity contribution is 7.15. The molecule has 4 nitrogen and oxygen atoms in total. The molecule has 6 heteroatoms. The van der Waals surface area contributed by atoms with Crippen molar-refractivity contribution in [3.63, 3.8) is 0 Å². The van der Waals surface area contributed by atoms with Crippen LogP contribution in [0.4, 0.5) is 5.13 Å². The number of thiazole rings is 1. The normalized spacial score (nSPS) is 15.3. The van der Waals surface area contributed by atoms with Crippen LogP contribution in [0.25, 0.3) is 6.08 Å². The molecule has 2 aromatic heterocycles. The number of thiophene rings is 1. The largest absolute Gasteiger partial charge is 0.298 e. The zero-order chi connectivity index (χ0) is 14.7. The number of carbonyl (C=O) groups excluding carboxylic acids is 1. The summed E-state index contributed by atoms with van der Waals surface area (Å²) in [6, 6.07) is 3.95. The average Bonchev–Trinajstić information content (AvgIpc) is 3.13. The summed E-state index contributed by atoms with van der Waals surface area (Å²) in [5.41, 5.74) is 1.14. The molecule has 0 saturated heterocycles. The molecule has 3 heterocycles. The van der Waals surface area contributed by atoms with Crippen molar-refractivity contribution in [3.8, 4) is 0 Å². The highest BCUT2D eigenvalue weighted by atomic mass is 32.1. The molecule has 0 aliphatic carbocycles. The Labute approximate surface area is 132 Å². The van der Waals surface area contributed by atoms with Gasteiger partial charge in [0.15, 0.2) is 5.13 Å². The molecule has 2 aromatic rings. The van der Waals surface area contributed by atoms with Crippen molar-refractivity contribution in [1.82, 2.24) is 9.88 Å². The number of rotatable bonds is 4. The third-order valence-electron chi connectivity index (χ3n) is 3.43. The fourth-order valence-corrected chi connectivity index (χ4v) is 3.93. The summed E-state index contributed by atoms with van der Waals surface area (Å²) in [6.07, 6.45) is 4.36. The smallest absolute Gasteiger partial charge is 0.250 e. The zero-order valence-corrected chi connectivity index (χ0v) is 13.5. The first-order valence-corrected chi connectivity index (χ1v) is 8.67. The summed E-state index contributed by atoms with van der Waals surface area (Å²) in [5.74, 6) is -0.123.